The molecular weight excluding hydrogens is 407 g/mol. The Hall–Kier alpha value is -0.750. The minimum atomic E-state index is -2.05. The molecule has 0 aromatic carbocycles. The molecule has 3 unspecified atom stereocenters. The van der Waals surface area contributed by atoms with Crippen molar-refractivity contribution >= 4 is 0 Å². The quantitative estimate of drug-likeness (QED) is 0.445. The second kappa shape index (κ2) is 9.85. The van der Waals surface area contributed by atoms with Crippen LogP contribution in [0.2, 0.25) is 0 Å². The van der Waals surface area contributed by atoms with Crippen molar-refractivity contribution in [2.24, 2.45) is 23.2 Å². The van der Waals surface area contributed by atoms with Crippen molar-refractivity contribution < 1.29 is 24.8 Å². The Bertz CT molecular complexity index is 695. The highest BCUT2D eigenvalue weighted by Crippen LogP contribution is 2.60. The van der Waals surface area contributed by atoms with Crippen molar-refractivity contribution in [3.63, 3.8) is 0 Å². The van der Waals surface area contributed by atoms with Crippen LogP contribution >= 0.6 is 0 Å². The van der Waals surface area contributed by atoms with Crippen molar-refractivity contribution in [3.8, 4) is 0 Å². The van der Waals surface area contributed by atoms with Gasteiger partial charge in [0.05, 0.1) is 17.8 Å². The molecule has 184 valence electrons. The number of hydrogen-bond acceptors (Lipinski definition) is 4. The second-order valence-corrected chi connectivity index (χ2v) is 11.9. The van der Waals surface area contributed by atoms with Gasteiger partial charge in [-0.15, -0.1) is 0 Å². The Labute approximate surface area is 193 Å². The second-order valence-electron chi connectivity index (χ2n) is 11.9. The van der Waals surface area contributed by atoms with Crippen molar-refractivity contribution in [1.29, 1.82) is 0 Å². The predicted octanol–water partition coefficient (Wildman–Crippen LogP) is 4.85. The first-order chi connectivity index (χ1) is 14.9. The largest absolute Gasteiger partial charge is 0.390 e. The summed E-state index contributed by atoms with van der Waals surface area (Å²) in [7, 11) is 0. The summed E-state index contributed by atoms with van der Waals surface area (Å²) in [4.78, 5) is 0. The maximum Gasteiger partial charge on any atom is 0.145 e. The molecule has 32 heavy (non-hydrogen) atoms. The lowest BCUT2D eigenvalue weighted by atomic mass is 9.60. The third-order valence-electron chi connectivity index (χ3n) is 8.99. The number of rotatable bonds is 7. The molecule has 0 aromatic heterocycles. The van der Waals surface area contributed by atoms with E-state index in [1.54, 1.807) is 0 Å². The van der Waals surface area contributed by atoms with Gasteiger partial charge in [0.1, 0.15) is 12.3 Å². The Morgan fingerprint density at radius 1 is 1.16 bits per heavy atom. The van der Waals surface area contributed by atoms with Crippen LogP contribution in [0.1, 0.15) is 91.9 Å². The molecule has 3 aliphatic carbocycles. The molecule has 4 nitrogen and oxygen atoms in total. The molecule has 0 saturated heterocycles. The van der Waals surface area contributed by atoms with Crippen LogP contribution in [0.5, 0.6) is 0 Å². The van der Waals surface area contributed by atoms with Gasteiger partial charge in [-0.25, -0.2) is 4.39 Å². The number of fused-ring (bicyclic) bond motifs is 1. The Morgan fingerprint density at radius 3 is 2.41 bits per heavy atom. The zero-order valence-electron chi connectivity index (χ0n) is 20.5. The number of aliphatic hydroxyl groups is 4. The van der Waals surface area contributed by atoms with E-state index >= 15 is 0 Å². The standard InChI is InChI=1S/C27H45FO4/c1-18(7-5-13-25(2,3)31)21-11-12-22-20(8-6-14-26(21,22)4)10-9-19-15-23(29)27(32,17-28)24(30)16-19/h9-10,18,21-24,29-32H,5-8,11-17H2,1-4H3/t18-,21?,22?,23-,24-,26?,27?/m1/s1. The van der Waals surface area contributed by atoms with Gasteiger partial charge in [-0.05, 0) is 88.4 Å². The maximum absolute atomic E-state index is 13.2. The Kier molecular flexibility index (Phi) is 7.96. The molecule has 0 spiro atoms. The van der Waals surface area contributed by atoms with Gasteiger partial charge in [0.25, 0.3) is 0 Å². The molecule has 3 fully saturated rings. The summed E-state index contributed by atoms with van der Waals surface area (Å²) in [5.41, 5.74) is 0.00579. The SMILES string of the molecule is C[C@H](CCCC(C)(C)O)C1CCC2C(=CC=C3C[C@@H](O)C(O)(CF)[C@H](O)C3)CCCC21C. The Morgan fingerprint density at radius 2 is 1.81 bits per heavy atom. The van der Waals surface area contributed by atoms with Crippen molar-refractivity contribution in [2.75, 3.05) is 6.67 Å². The average molecular weight is 453 g/mol. The van der Waals surface area contributed by atoms with Gasteiger partial charge < -0.3 is 20.4 Å². The van der Waals surface area contributed by atoms with E-state index in [2.05, 4.69) is 19.9 Å². The smallest absolute Gasteiger partial charge is 0.145 e. The molecule has 0 heterocycles. The van der Waals surface area contributed by atoms with Gasteiger partial charge in [0.15, 0.2) is 0 Å². The van der Waals surface area contributed by atoms with E-state index in [4.69, 9.17) is 0 Å². The molecule has 0 bridgehead atoms. The van der Waals surface area contributed by atoms with Crippen LogP contribution in [-0.4, -0.2) is 50.5 Å². The normalized spacial score (nSPS) is 40.4. The molecular formula is C27H45FO4. The van der Waals surface area contributed by atoms with Crippen molar-refractivity contribution in [3.05, 3.63) is 23.3 Å². The lowest BCUT2D eigenvalue weighted by Gasteiger charge is -2.44. The molecule has 0 aliphatic heterocycles. The van der Waals surface area contributed by atoms with Crippen molar-refractivity contribution in [2.45, 2.75) is 115 Å². The number of alkyl halides is 1. The van der Waals surface area contributed by atoms with E-state index in [9.17, 15) is 24.8 Å². The molecule has 3 saturated carbocycles. The van der Waals surface area contributed by atoms with E-state index in [-0.39, 0.29) is 12.8 Å². The molecule has 6 atom stereocenters. The first kappa shape index (κ1) is 25.9. The summed E-state index contributed by atoms with van der Waals surface area (Å²) in [5.74, 6) is 1.91. The predicted molar refractivity (Wildman–Crippen MR) is 126 cm³/mol. The first-order valence-corrected chi connectivity index (χ1v) is 12.7. The highest BCUT2D eigenvalue weighted by atomic mass is 19.1. The van der Waals surface area contributed by atoms with Gasteiger partial charge in [-0.3, -0.25) is 0 Å². The lowest BCUT2D eigenvalue weighted by Crippen LogP contribution is -2.57. The molecule has 0 radical (unpaired) electrons. The highest BCUT2D eigenvalue weighted by Gasteiger charge is 2.50. The van der Waals surface area contributed by atoms with E-state index in [1.807, 2.05) is 19.9 Å². The van der Waals surface area contributed by atoms with Gasteiger partial charge >= 0.3 is 0 Å². The van der Waals surface area contributed by atoms with Crippen LogP contribution in [0.4, 0.5) is 4.39 Å². The molecule has 3 aliphatic rings. The maximum atomic E-state index is 13.2. The van der Waals surface area contributed by atoms with E-state index in [1.165, 1.54) is 31.3 Å². The van der Waals surface area contributed by atoms with Gasteiger partial charge in [-0.1, -0.05) is 50.0 Å². The van der Waals surface area contributed by atoms with Crippen LogP contribution < -0.4 is 0 Å². The van der Waals surface area contributed by atoms with Gasteiger partial charge in [-0.2, -0.15) is 0 Å². The third kappa shape index (κ3) is 5.32. The summed E-state index contributed by atoms with van der Waals surface area (Å²) in [6.45, 7) is 7.50. The van der Waals surface area contributed by atoms with Gasteiger partial charge in [0, 0.05) is 0 Å². The molecule has 0 aromatic rings. The first-order valence-electron chi connectivity index (χ1n) is 12.7. The minimum Gasteiger partial charge on any atom is -0.390 e. The average Bonchev–Trinajstić information content (AvgIpc) is 3.06. The van der Waals surface area contributed by atoms with E-state index < -0.39 is 30.1 Å². The van der Waals surface area contributed by atoms with Crippen LogP contribution in [0.15, 0.2) is 23.3 Å². The third-order valence-corrected chi connectivity index (χ3v) is 8.99. The molecule has 5 heteroatoms. The topological polar surface area (TPSA) is 80.9 Å². The fourth-order valence-corrected chi connectivity index (χ4v) is 6.97. The fraction of sp³-hybridized carbons (Fsp3) is 0.852. The zero-order chi connectivity index (χ0) is 23.7. The fourth-order valence-electron chi connectivity index (χ4n) is 6.97. The monoisotopic (exact) mass is 452 g/mol. The van der Waals surface area contributed by atoms with Crippen LogP contribution in [-0.2, 0) is 0 Å². The molecule has 4 N–H and O–H groups in total. The van der Waals surface area contributed by atoms with Gasteiger partial charge in [0.2, 0.25) is 0 Å². The Balaban J connectivity index is 1.68. The lowest BCUT2D eigenvalue weighted by molar-refractivity contribution is -0.165. The van der Waals surface area contributed by atoms with Crippen LogP contribution in [0.25, 0.3) is 0 Å². The number of hydrogen-bond donors (Lipinski definition) is 4. The summed E-state index contributed by atoms with van der Waals surface area (Å²) in [6.07, 6.45) is 11.1. The molecule has 3 rings (SSSR count). The summed E-state index contributed by atoms with van der Waals surface area (Å²) in [5, 5.41) is 40.6. The minimum absolute atomic E-state index is 0.198. The summed E-state index contributed by atoms with van der Waals surface area (Å²) >= 11 is 0. The molecule has 0 amide bonds. The number of allylic oxidation sites excluding steroid dienone is 3. The zero-order valence-corrected chi connectivity index (χ0v) is 20.5. The number of halogens is 1. The summed E-state index contributed by atoms with van der Waals surface area (Å²) < 4.78 is 13.2. The van der Waals surface area contributed by atoms with E-state index in [0.29, 0.717) is 23.2 Å². The van der Waals surface area contributed by atoms with Crippen LogP contribution in [0, 0.1) is 23.2 Å². The van der Waals surface area contributed by atoms with E-state index in [0.717, 1.165) is 31.3 Å². The van der Waals surface area contributed by atoms with Crippen LogP contribution in [0.3, 0.4) is 0 Å². The highest BCUT2D eigenvalue weighted by molar-refractivity contribution is 5.27. The summed E-state index contributed by atoms with van der Waals surface area (Å²) in [6, 6.07) is 0. The van der Waals surface area contributed by atoms with Crippen molar-refractivity contribution in [1.82, 2.24) is 0 Å². The number of aliphatic hydroxyl groups excluding tert-OH is 2.